The van der Waals surface area contributed by atoms with Gasteiger partial charge in [0.2, 0.25) is 0 Å². The van der Waals surface area contributed by atoms with Gasteiger partial charge < -0.3 is 0 Å². The van der Waals surface area contributed by atoms with E-state index in [4.69, 9.17) is 0 Å². The molecule has 0 saturated heterocycles. The topological polar surface area (TPSA) is 30.0 Å². The molecule has 0 aliphatic rings. The Kier molecular flexibility index (Phi) is 2.84. The average Bonchev–Trinajstić information content (AvgIpc) is 2.46. The molecule has 2 nitrogen and oxygen atoms in total. The Labute approximate surface area is 111 Å². The van der Waals surface area contributed by atoms with Gasteiger partial charge in [0.15, 0.2) is 6.29 Å². The molecule has 0 aliphatic carbocycles. The van der Waals surface area contributed by atoms with Crippen LogP contribution < -0.4 is 0 Å². The highest BCUT2D eigenvalue weighted by molar-refractivity contribution is 6.00. The Balaban J connectivity index is 2.36. The number of hydrogen-bond donors (Lipinski definition) is 0. The summed E-state index contributed by atoms with van der Waals surface area (Å²) in [5, 5.41) is 2.20. The van der Waals surface area contributed by atoms with Crippen molar-refractivity contribution in [1.29, 1.82) is 0 Å². The van der Waals surface area contributed by atoms with Crippen molar-refractivity contribution in [3.05, 3.63) is 66.0 Å². The largest absolute Gasteiger partial charge is 0.298 e. The van der Waals surface area contributed by atoms with Crippen molar-refractivity contribution in [2.75, 3.05) is 0 Å². The minimum absolute atomic E-state index is 0.718. The molecule has 2 heteroatoms. The van der Waals surface area contributed by atoms with E-state index < -0.39 is 0 Å². The van der Waals surface area contributed by atoms with E-state index in [9.17, 15) is 4.79 Å². The quantitative estimate of drug-likeness (QED) is 0.640. The fourth-order valence-corrected chi connectivity index (χ4v) is 2.36. The van der Waals surface area contributed by atoms with Gasteiger partial charge >= 0.3 is 0 Å². The van der Waals surface area contributed by atoms with Crippen molar-refractivity contribution in [2.45, 2.75) is 6.92 Å². The standard InChI is InChI=1S/C17H13NO/c1-12-5-6-14(11-19)17(9-12)16-4-2-3-13-10-18-8-7-15(13)16/h2-11H,1H3. The van der Waals surface area contributed by atoms with Crippen LogP contribution in [0.4, 0.5) is 0 Å². The summed E-state index contributed by atoms with van der Waals surface area (Å²) in [5.74, 6) is 0. The second-order valence-corrected chi connectivity index (χ2v) is 4.61. The first-order valence-corrected chi connectivity index (χ1v) is 6.18. The number of nitrogens with zero attached hydrogens (tertiary/aromatic N) is 1. The van der Waals surface area contributed by atoms with Gasteiger partial charge in [-0.05, 0) is 29.5 Å². The van der Waals surface area contributed by atoms with Crippen LogP contribution in [-0.4, -0.2) is 11.3 Å². The van der Waals surface area contributed by atoms with Crippen LogP contribution in [-0.2, 0) is 0 Å². The smallest absolute Gasteiger partial charge is 0.150 e. The van der Waals surface area contributed by atoms with Gasteiger partial charge in [0.05, 0.1) is 0 Å². The highest BCUT2D eigenvalue weighted by Crippen LogP contribution is 2.30. The van der Waals surface area contributed by atoms with E-state index in [1.54, 1.807) is 6.20 Å². The number of aryl methyl sites for hydroxylation is 1. The zero-order valence-electron chi connectivity index (χ0n) is 10.6. The fraction of sp³-hybridized carbons (Fsp3) is 0.0588. The van der Waals surface area contributed by atoms with Gasteiger partial charge in [-0.3, -0.25) is 9.78 Å². The molecule has 0 bridgehead atoms. The van der Waals surface area contributed by atoms with Crippen LogP contribution in [0, 0.1) is 6.92 Å². The number of carbonyl (C=O) groups excluding carboxylic acids is 1. The first-order valence-electron chi connectivity index (χ1n) is 6.18. The lowest BCUT2D eigenvalue weighted by molar-refractivity contribution is 0.112. The normalized spacial score (nSPS) is 10.6. The van der Waals surface area contributed by atoms with Gasteiger partial charge in [-0.2, -0.15) is 0 Å². The summed E-state index contributed by atoms with van der Waals surface area (Å²) in [6.45, 7) is 2.03. The molecule has 0 saturated carbocycles. The summed E-state index contributed by atoms with van der Waals surface area (Å²) in [6, 6.07) is 13.9. The number of rotatable bonds is 2. The monoisotopic (exact) mass is 247 g/mol. The van der Waals surface area contributed by atoms with E-state index in [-0.39, 0.29) is 0 Å². The summed E-state index contributed by atoms with van der Waals surface area (Å²) in [4.78, 5) is 15.4. The molecule has 0 radical (unpaired) electrons. The van der Waals surface area contributed by atoms with Gasteiger partial charge in [0, 0.05) is 23.3 Å². The number of benzene rings is 2. The van der Waals surface area contributed by atoms with Crippen LogP contribution in [0.1, 0.15) is 15.9 Å². The second kappa shape index (κ2) is 4.65. The molecular weight excluding hydrogens is 234 g/mol. The van der Waals surface area contributed by atoms with Crippen LogP contribution in [0.15, 0.2) is 54.9 Å². The van der Waals surface area contributed by atoms with Crippen molar-refractivity contribution >= 4 is 17.1 Å². The first-order chi connectivity index (χ1) is 9.29. The molecule has 0 atom stereocenters. The summed E-state index contributed by atoms with van der Waals surface area (Å²) in [6.07, 6.45) is 4.53. The minimum Gasteiger partial charge on any atom is -0.298 e. The molecule has 0 spiro atoms. The second-order valence-electron chi connectivity index (χ2n) is 4.61. The van der Waals surface area contributed by atoms with Gasteiger partial charge in [0.1, 0.15) is 0 Å². The summed E-state index contributed by atoms with van der Waals surface area (Å²) in [5.41, 5.74) is 3.92. The molecule has 0 N–H and O–H groups in total. The maximum absolute atomic E-state index is 11.2. The third-order valence-electron chi connectivity index (χ3n) is 3.31. The highest BCUT2D eigenvalue weighted by atomic mass is 16.1. The molecule has 0 amide bonds. The number of pyridine rings is 1. The Bertz CT molecular complexity index is 757. The Morgan fingerprint density at radius 2 is 1.95 bits per heavy atom. The van der Waals surface area contributed by atoms with E-state index in [0.717, 1.165) is 39.3 Å². The molecule has 1 aromatic heterocycles. The predicted octanol–water partition coefficient (Wildman–Crippen LogP) is 4.02. The Morgan fingerprint density at radius 1 is 1.05 bits per heavy atom. The van der Waals surface area contributed by atoms with Gasteiger partial charge in [-0.15, -0.1) is 0 Å². The lowest BCUT2D eigenvalue weighted by atomic mass is 9.94. The number of hydrogen-bond acceptors (Lipinski definition) is 2. The van der Waals surface area contributed by atoms with Crippen molar-refractivity contribution < 1.29 is 4.79 Å². The van der Waals surface area contributed by atoms with Crippen LogP contribution in [0.3, 0.4) is 0 Å². The van der Waals surface area contributed by atoms with Crippen LogP contribution in [0.2, 0.25) is 0 Å². The van der Waals surface area contributed by atoms with Crippen molar-refractivity contribution in [2.24, 2.45) is 0 Å². The van der Waals surface area contributed by atoms with E-state index >= 15 is 0 Å². The summed E-state index contributed by atoms with van der Waals surface area (Å²) < 4.78 is 0. The van der Waals surface area contributed by atoms with Crippen LogP contribution in [0.25, 0.3) is 21.9 Å². The molecule has 0 unspecified atom stereocenters. The fourth-order valence-electron chi connectivity index (χ4n) is 2.36. The van der Waals surface area contributed by atoms with Crippen LogP contribution >= 0.6 is 0 Å². The van der Waals surface area contributed by atoms with E-state index in [0.29, 0.717) is 0 Å². The summed E-state index contributed by atoms with van der Waals surface area (Å²) >= 11 is 0. The van der Waals surface area contributed by atoms with Crippen LogP contribution in [0.5, 0.6) is 0 Å². The van der Waals surface area contributed by atoms with Crippen molar-refractivity contribution in [3.63, 3.8) is 0 Å². The number of carbonyl (C=O) groups is 1. The lowest BCUT2D eigenvalue weighted by Gasteiger charge is -2.09. The molecule has 0 aliphatic heterocycles. The molecular formula is C17H13NO. The van der Waals surface area contributed by atoms with E-state index in [2.05, 4.69) is 11.1 Å². The zero-order valence-corrected chi connectivity index (χ0v) is 10.6. The van der Waals surface area contributed by atoms with Gasteiger partial charge in [0.25, 0.3) is 0 Å². The van der Waals surface area contributed by atoms with Gasteiger partial charge in [-0.25, -0.2) is 0 Å². The molecule has 3 aromatic rings. The van der Waals surface area contributed by atoms with E-state index in [1.165, 1.54) is 0 Å². The SMILES string of the molecule is Cc1ccc(C=O)c(-c2cccc3cnccc23)c1. The Hall–Kier alpha value is -2.48. The van der Waals surface area contributed by atoms with Crippen molar-refractivity contribution in [1.82, 2.24) is 4.98 Å². The van der Waals surface area contributed by atoms with E-state index in [1.807, 2.05) is 49.5 Å². The third kappa shape index (κ3) is 2.02. The Morgan fingerprint density at radius 3 is 2.79 bits per heavy atom. The lowest BCUT2D eigenvalue weighted by Crippen LogP contribution is -1.90. The molecule has 19 heavy (non-hydrogen) atoms. The minimum atomic E-state index is 0.718. The first kappa shape index (κ1) is 11.6. The number of fused-ring (bicyclic) bond motifs is 1. The molecule has 2 aromatic carbocycles. The maximum atomic E-state index is 11.2. The third-order valence-corrected chi connectivity index (χ3v) is 3.31. The molecule has 0 fully saturated rings. The number of aldehydes is 1. The molecule has 1 heterocycles. The zero-order chi connectivity index (χ0) is 13.2. The van der Waals surface area contributed by atoms with Crippen molar-refractivity contribution in [3.8, 4) is 11.1 Å². The summed E-state index contributed by atoms with van der Waals surface area (Å²) in [7, 11) is 0. The molecule has 3 rings (SSSR count). The highest BCUT2D eigenvalue weighted by Gasteiger charge is 2.08. The maximum Gasteiger partial charge on any atom is 0.150 e. The predicted molar refractivity (Wildman–Crippen MR) is 77.3 cm³/mol. The average molecular weight is 247 g/mol. The number of aromatic nitrogens is 1. The van der Waals surface area contributed by atoms with Gasteiger partial charge in [-0.1, -0.05) is 42.0 Å². The molecule has 92 valence electrons.